The van der Waals surface area contributed by atoms with Gasteiger partial charge in [-0.05, 0) is 51.2 Å². The summed E-state index contributed by atoms with van der Waals surface area (Å²) in [4.78, 5) is 26.8. The van der Waals surface area contributed by atoms with Gasteiger partial charge >= 0.3 is 5.97 Å². The number of aliphatic carboxylic acids is 1. The molecule has 1 N–H and O–H groups in total. The third-order valence-electron chi connectivity index (χ3n) is 4.59. The van der Waals surface area contributed by atoms with Crippen LogP contribution in [-0.2, 0) is 9.59 Å². The summed E-state index contributed by atoms with van der Waals surface area (Å²) < 4.78 is 0. The molecule has 0 aromatic rings. The minimum atomic E-state index is -0.844. The maximum Gasteiger partial charge on any atom is 0.308 e. The summed E-state index contributed by atoms with van der Waals surface area (Å²) in [5.41, 5.74) is 0. The predicted octanol–water partition coefficient (Wildman–Crippen LogP) is 1.43. The lowest BCUT2D eigenvalue weighted by Crippen LogP contribution is -2.34. The Bertz CT molecular complexity index is 351. The number of hydrogen-bond acceptors (Lipinski definition) is 3. The Morgan fingerprint density at radius 2 is 1.90 bits per heavy atom. The zero-order valence-corrected chi connectivity index (χ0v) is 12.4. The summed E-state index contributed by atoms with van der Waals surface area (Å²) in [6, 6.07) is 0. The van der Waals surface area contributed by atoms with Gasteiger partial charge in [0.25, 0.3) is 0 Å². The standard InChI is InChI=1S/C15H26N2O3/c1-12-4-8-16(9-5-12)6-2-3-7-17-11-13(15(19)20)10-14(17)18/h12-13H,2-11H2,1H3,(H,19,20). The molecule has 2 heterocycles. The van der Waals surface area contributed by atoms with E-state index in [-0.39, 0.29) is 12.3 Å². The van der Waals surface area contributed by atoms with E-state index < -0.39 is 11.9 Å². The first-order valence-corrected chi connectivity index (χ1v) is 7.79. The molecule has 0 bridgehead atoms. The summed E-state index contributed by atoms with van der Waals surface area (Å²) in [6.07, 6.45) is 4.84. The van der Waals surface area contributed by atoms with Crippen LogP contribution < -0.4 is 0 Å². The van der Waals surface area contributed by atoms with Crippen molar-refractivity contribution in [3.8, 4) is 0 Å². The topological polar surface area (TPSA) is 60.9 Å². The monoisotopic (exact) mass is 282 g/mol. The van der Waals surface area contributed by atoms with Gasteiger partial charge in [-0.2, -0.15) is 0 Å². The predicted molar refractivity (Wildman–Crippen MR) is 76.4 cm³/mol. The minimum absolute atomic E-state index is 0.00389. The number of carboxylic acids is 1. The summed E-state index contributed by atoms with van der Waals surface area (Å²) in [5, 5.41) is 8.93. The number of hydrogen-bond donors (Lipinski definition) is 1. The highest BCUT2D eigenvalue weighted by molar-refractivity contribution is 5.86. The van der Waals surface area contributed by atoms with E-state index in [9.17, 15) is 9.59 Å². The maximum atomic E-state index is 11.7. The van der Waals surface area contributed by atoms with Crippen LogP contribution in [-0.4, -0.2) is 59.5 Å². The number of piperidine rings is 1. The van der Waals surface area contributed by atoms with Crippen LogP contribution in [0.15, 0.2) is 0 Å². The number of carboxylic acid groups (broad SMARTS) is 1. The van der Waals surface area contributed by atoms with E-state index >= 15 is 0 Å². The molecule has 1 atom stereocenters. The quantitative estimate of drug-likeness (QED) is 0.749. The molecule has 0 aliphatic carbocycles. The second-order valence-corrected chi connectivity index (χ2v) is 6.31. The molecule has 2 aliphatic rings. The Labute approximate surface area is 120 Å². The fourth-order valence-electron chi connectivity index (χ4n) is 3.08. The van der Waals surface area contributed by atoms with Crippen molar-refractivity contribution in [2.45, 2.75) is 39.0 Å². The second-order valence-electron chi connectivity index (χ2n) is 6.31. The van der Waals surface area contributed by atoms with Crippen LogP contribution in [0, 0.1) is 11.8 Å². The molecule has 1 unspecified atom stereocenters. The Kier molecular flexibility index (Phi) is 5.40. The van der Waals surface area contributed by atoms with Crippen molar-refractivity contribution in [3.63, 3.8) is 0 Å². The molecule has 2 rings (SSSR count). The van der Waals surface area contributed by atoms with Gasteiger partial charge in [0, 0.05) is 19.5 Å². The molecule has 0 aromatic heterocycles. The zero-order valence-electron chi connectivity index (χ0n) is 12.4. The Morgan fingerprint density at radius 1 is 1.25 bits per heavy atom. The number of unbranched alkanes of at least 4 members (excludes halogenated alkanes) is 1. The fraction of sp³-hybridized carbons (Fsp3) is 0.867. The van der Waals surface area contributed by atoms with Gasteiger partial charge in [-0.15, -0.1) is 0 Å². The van der Waals surface area contributed by atoms with Crippen LogP contribution >= 0.6 is 0 Å². The highest BCUT2D eigenvalue weighted by Crippen LogP contribution is 2.19. The molecule has 0 saturated carbocycles. The average Bonchev–Trinajstić information content (AvgIpc) is 2.79. The normalized spacial score (nSPS) is 25.4. The molecule has 20 heavy (non-hydrogen) atoms. The van der Waals surface area contributed by atoms with Crippen molar-refractivity contribution >= 4 is 11.9 Å². The number of carbonyl (C=O) groups is 2. The van der Waals surface area contributed by atoms with Crippen molar-refractivity contribution in [1.29, 1.82) is 0 Å². The van der Waals surface area contributed by atoms with Crippen LogP contribution in [0.5, 0.6) is 0 Å². The van der Waals surface area contributed by atoms with Crippen molar-refractivity contribution < 1.29 is 14.7 Å². The number of rotatable bonds is 6. The molecule has 1 amide bonds. The van der Waals surface area contributed by atoms with Crippen molar-refractivity contribution in [2.75, 3.05) is 32.7 Å². The molecule has 5 nitrogen and oxygen atoms in total. The average molecular weight is 282 g/mol. The highest BCUT2D eigenvalue weighted by Gasteiger charge is 2.33. The van der Waals surface area contributed by atoms with Gasteiger partial charge in [-0.1, -0.05) is 6.92 Å². The van der Waals surface area contributed by atoms with E-state index in [0.29, 0.717) is 13.1 Å². The maximum absolute atomic E-state index is 11.7. The van der Waals surface area contributed by atoms with Crippen LogP contribution in [0.3, 0.4) is 0 Å². The largest absolute Gasteiger partial charge is 0.481 e. The first-order valence-electron chi connectivity index (χ1n) is 7.79. The van der Waals surface area contributed by atoms with E-state index in [0.717, 1.165) is 25.3 Å². The smallest absolute Gasteiger partial charge is 0.308 e. The number of carbonyl (C=O) groups excluding carboxylic acids is 1. The minimum Gasteiger partial charge on any atom is -0.481 e. The third-order valence-corrected chi connectivity index (χ3v) is 4.59. The van der Waals surface area contributed by atoms with Gasteiger partial charge < -0.3 is 14.9 Å². The van der Waals surface area contributed by atoms with Crippen molar-refractivity contribution in [1.82, 2.24) is 9.80 Å². The molecule has 2 aliphatic heterocycles. The lowest BCUT2D eigenvalue weighted by atomic mass is 9.99. The summed E-state index contributed by atoms with van der Waals surface area (Å²) in [5.74, 6) is -0.472. The van der Waals surface area contributed by atoms with E-state index in [4.69, 9.17) is 5.11 Å². The number of nitrogens with zero attached hydrogens (tertiary/aromatic N) is 2. The van der Waals surface area contributed by atoms with E-state index in [1.54, 1.807) is 4.90 Å². The number of amides is 1. The molecule has 5 heteroatoms. The van der Waals surface area contributed by atoms with E-state index in [1.807, 2.05) is 0 Å². The van der Waals surface area contributed by atoms with Gasteiger partial charge in [-0.25, -0.2) is 0 Å². The molecule has 2 fully saturated rings. The van der Waals surface area contributed by atoms with Crippen LogP contribution in [0.2, 0.25) is 0 Å². The molecule has 114 valence electrons. The van der Waals surface area contributed by atoms with E-state index in [2.05, 4.69) is 11.8 Å². The highest BCUT2D eigenvalue weighted by atomic mass is 16.4. The van der Waals surface area contributed by atoms with Gasteiger partial charge in [0.1, 0.15) is 0 Å². The van der Waals surface area contributed by atoms with Crippen LogP contribution in [0.4, 0.5) is 0 Å². The second kappa shape index (κ2) is 7.07. The summed E-state index contributed by atoms with van der Waals surface area (Å²) in [7, 11) is 0. The molecule has 2 saturated heterocycles. The molecule has 0 spiro atoms. The molecular weight excluding hydrogens is 256 g/mol. The van der Waals surface area contributed by atoms with Gasteiger partial charge in [0.05, 0.1) is 5.92 Å². The summed E-state index contributed by atoms with van der Waals surface area (Å²) >= 11 is 0. The summed E-state index contributed by atoms with van der Waals surface area (Å²) in [6.45, 7) is 6.93. The Balaban J connectivity index is 1.59. The molecular formula is C15H26N2O3. The Morgan fingerprint density at radius 3 is 2.50 bits per heavy atom. The SMILES string of the molecule is CC1CCN(CCCCN2CC(C(=O)O)CC2=O)CC1. The lowest BCUT2D eigenvalue weighted by molar-refractivity contribution is -0.141. The van der Waals surface area contributed by atoms with Gasteiger partial charge in [-0.3, -0.25) is 9.59 Å². The van der Waals surface area contributed by atoms with Crippen LogP contribution in [0.1, 0.15) is 39.0 Å². The first-order chi connectivity index (χ1) is 9.56. The third kappa shape index (κ3) is 4.20. The number of likely N-dealkylation sites (tertiary alicyclic amines) is 2. The zero-order chi connectivity index (χ0) is 14.5. The van der Waals surface area contributed by atoms with Gasteiger partial charge in [0.15, 0.2) is 0 Å². The Hall–Kier alpha value is -1.10. The van der Waals surface area contributed by atoms with Crippen molar-refractivity contribution in [3.05, 3.63) is 0 Å². The fourth-order valence-corrected chi connectivity index (χ4v) is 3.08. The molecule has 0 radical (unpaired) electrons. The first kappa shape index (κ1) is 15.3. The van der Waals surface area contributed by atoms with E-state index in [1.165, 1.54) is 25.9 Å². The van der Waals surface area contributed by atoms with Crippen LogP contribution in [0.25, 0.3) is 0 Å². The lowest BCUT2D eigenvalue weighted by Gasteiger charge is -2.30. The molecule has 0 aromatic carbocycles. The van der Waals surface area contributed by atoms with Crippen molar-refractivity contribution in [2.24, 2.45) is 11.8 Å². The van der Waals surface area contributed by atoms with Gasteiger partial charge in [0.2, 0.25) is 5.91 Å².